The van der Waals surface area contributed by atoms with Gasteiger partial charge in [-0.15, -0.1) is 0 Å². The zero-order valence-electron chi connectivity index (χ0n) is 12.4. The Balaban J connectivity index is 1.84. The number of rotatable bonds is 3. The predicted molar refractivity (Wildman–Crippen MR) is 98.3 cm³/mol. The molecule has 0 unspecified atom stereocenters. The number of anilines is 2. The summed E-state index contributed by atoms with van der Waals surface area (Å²) < 4.78 is 0.846. The quantitative estimate of drug-likeness (QED) is 0.685. The molecule has 0 saturated carbocycles. The highest BCUT2D eigenvalue weighted by Crippen LogP contribution is 2.29. The lowest BCUT2D eigenvalue weighted by Gasteiger charge is -2.04. The number of nitrogens with zero attached hydrogens (tertiary/aromatic N) is 1. The summed E-state index contributed by atoms with van der Waals surface area (Å²) in [6.45, 7) is 1.44. The molecule has 0 saturated heterocycles. The SMILES string of the molecule is CC(=O)Nc1ccc2nc(NC(=O)c3ccc(Cl)cc3Cl)sc2c1. The standard InChI is InChI=1S/C16H11Cl2N3O2S/c1-8(22)19-10-3-5-13-14(7-10)24-16(20-13)21-15(23)11-4-2-9(17)6-12(11)18/h2-7H,1H3,(H,19,22)(H,20,21,23). The van der Waals surface area contributed by atoms with Crippen LogP contribution in [-0.2, 0) is 4.79 Å². The lowest BCUT2D eigenvalue weighted by Crippen LogP contribution is -2.12. The first kappa shape index (κ1) is 16.7. The third-order valence-electron chi connectivity index (χ3n) is 3.11. The van der Waals surface area contributed by atoms with Gasteiger partial charge >= 0.3 is 0 Å². The van der Waals surface area contributed by atoms with E-state index in [-0.39, 0.29) is 16.8 Å². The van der Waals surface area contributed by atoms with Crippen LogP contribution in [0.15, 0.2) is 36.4 Å². The number of hydrogen-bond acceptors (Lipinski definition) is 4. The molecule has 2 amide bonds. The van der Waals surface area contributed by atoms with Gasteiger partial charge in [-0.2, -0.15) is 0 Å². The Labute approximate surface area is 151 Å². The highest BCUT2D eigenvalue weighted by Gasteiger charge is 2.13. The van der Waals surface area contributed by atoms with E-state index >= 15 is 0 Å². The van der Waals surface area contributed by atoms with Crippen LogP contribution in [0.3, 0.4) is 0 Å². The molecule has 0 radical (unpaired) electrons. The van der Waals surface area contributed by atoms with Crippen molar-refractivity contribution in [3.05, 3.63) is 52.0 Å². The van der Waals surface area contributed by atoms with E-state index in [0.29, 0.717) is 21.4 Å². The molecular weight excluding hydrogens is 369 g/mol. The Kier molecular flexibility index (Phi) is 4.71. The molecule has 0 aliphatic carbocycles. The largest absolute Gasteiger partial charge is 0.326 e. The molecule has 8 heteroatoms. The Morgan fingerprint density at radius 1 is 1.08 bits per heavy atom. The van der Waals surface area contributed by atoms with E-state index in [1.807, 2.05) is 0 Å². The van der Waals surface area contributed by atoms with Crippen molar-refractivity contribution in [2.45, 2.75) is 6.92 Å². The zero-order valence-corrected chi connectivity index (χ0v) is 14.7. The molecule has 122 valence electrons. The molecule has 2 aromatic carbocycles. The summed E-state index contributed by atoms with van der Waals surface area (Å²) in [7, 11) is 0. The summed E-state index contributed by atoms with van der Waals surface area (Å²) in [6.07, 6.45) is 0. The average molecular weight is 380 g/mol. The molecule has 5 nitrogen and oxygen atoms in total. The highest BCUT2D eigenvalue weighted by atomic mass is 35.5. The van der Waals surface area contributed by atoms with Gasteiger partial charge < -0.3 is 5.32 Å². The first-order chi connectivity index (χ1) is 11.4. The minimum Gasteiger partial charge on any atom is -0.326 e. The number of amides is 2. The predicted octanol–water partition coefficient (Wildman–Crippen LogP) is 4.81. The molecule has 1 aromatic heterocycles. The maximum atomic E-state index is 12.3. The van der Waals surface area contributed by atoms with E-state index in [1.165, 1.54) is 24.3 Å². The van der Waals surface area contributed by atoms with E-state index < -0.39 is 0 Å². The van der Waals surface area contributed by atoms with Crippen molar-refractivity contribution in [1.29, 1.82) is 0 Å². The fraction of sp³-hybridized carbons (Fsp3) is 0.0625. The van der Waals surface area contributed by atoms with Crippen molar-refractivity contribution < 1.29 is 9.59 Å². The van der Waals surface area contributed by atoms with Crippen LogP contribution in [0.5, 0.6) is 0 Å². The fourth-order valence-electron chi connectivity index (χ4n) is 2.10. The first-order valence-electron chi connectivity index (χ1n) is 6.87. The molecule has 3 aromatic rings. The van der Waals surface area contributed by atoms with Gasteiger partial charge in [0.2, 0.25) is 5.91 Å². The molecular formula is C16H11Cl2N3O2S. The molecule has 0 aliphatic rings. The number of hydrogen-bond donors (Lipinski definition) is 2. The summed E-state index contributed by atoms with van der Waals surface area (Å²) >= 11 is 13.2. The van der Waals surface area contributed by atoms with Crippen molar-refractivity contribution in [1.82, 2.24) is 4.98 Å². The third kappa shape index (κ3) is 3.67. The van der Waals surface area contributed by atoms with Crippen molar-refractivity contribution in [3.63, 3.8) is 0 Å². The number of halogens is 2. The van der Waals surface area contributed by atoms with Crippen LogP contribution in [0.1, 0.15) is 17.3 Å². The van der Waals surface area contributed by atoms with Gasteiger partial charge in [0.15, 0.2) is 5.13 Å². The van der Waals surface area contributed by atoms with Gasteiger partial charge in [0.25, 0.3) is 5.91 Å². The van der Waals surface area contributed by atoms with Crippen molar-refractivity contribution in [3.8, 4) is 0 Å². The smallest absolute Gasteiger partial charge is 0.258 e. The number of aromatic nitrogens is 1. The Morgan fingerprint density at radius 2 is 1.88 bits per heavy atom. The lowest BCUT2D eigenvalue weighted by atomic mass is 10.2. The molecule has 2 N–H and O–H groups in total. The summed E-state index contributed by atoms with van der Waals surface area (Å²) in [5.74, 6) is -0.512. The monoisotopic (exact) mass is 379 g/mol. The Bertz CT molecular complexity index is 956. The van der Waals surface area contributed by atoms with Gasteiger partial charge in [0, 0.05) is 17.6 Å². The summed E-state index contributed by atoms with van der Waals surface area (Å²) in [6, 6.07) is 10.0. The molecule has 24 heavy (non-hydrogen) atoms. The van der Waals surface area contributed by atoms with Gasteiger partial charge in [-0.3, -0.25) is 14.9 Å². The van der Waals surface area contributed by atoms with E-state index in [2.05, 4.69) is 15.6 Å². The number of nitrogens with one attached hydrogen (secondary N) is 2. The molecule has 1 heterocycles. The van der Waals surface area contributed by atoms with Crippen LogP contribution in [0, 0.1) is 0 Å². The van der Waals surface area contributed by atoms with Gasteiger partial charge in [-0.25, -0.2) is 4.98 Å². The van der Waals surface area contributed by atoms with E-state index in [1.54, 1.807) is 30.3 Å². The summed E-state index contributed by atoms with van der Waals surface area (Å²) in [5.41, 5.74) is 1.73. The number of carbonyl (C=O) groups is 2. The number of thiazole rings is 1. The highest BCUT2D eigenvalue weighted by molar-refractivity contribution is 7.22. The van der Waals surface area contributed by atoms with Crippen molar-refractivity contribution in [2.75, 3.05) is 10.6 Å². The van der Waals surface area contributed by atoms with Crippen LogP contribution < -0.4 is 10.6 Å². The second kappa shape index (κ2) is 6.76. The van der Waals surface area contributed by atoms with Crippen molar-refractivity contribution >= 4 is 67.4 Å². The topological polar surface area (TPSA) is 71.1 Å². The van der Waals surface area contributed by atoms with Gasteiger partial charge in [0.05, 0.1) is 20.8 Å². The molecule has 0 aliphatic heterocycles. The zero-order chi connectivity index (χ0) is 17.3. The minimum absolute atomic E-state index is 0.148. The second-order valence-corrected chi connectivity index (χ2v) is 6.84. The molecule has 0 bridgehead atoms. The fourth-order valence-corrected chi connectivity index (χ4v) is 3.49. The number of carbonyl (C=O) groups excluding carboxylic acids is 2. The Hall–Kier alpha value is -2.15. The maximum absolute atomic E-state index is 12.3. The Morgan fingerprint density at radius 3 is 2.58 bits per heavy atom. The van der Waals surface area contributed by atoms with E-state index in [9.17, 15) is 9.59 Å². The van der Waals surface area contributed by atoms with Crippen LogP contribution in [-0.4, -0.2) is 16.8 Å². The first-order valence-corrected chi connectivity index (χ1v) is 8.44. The van der Waals surface area contributed by atoms with Gasteiger partial charge in [-0.1, -0.05) is 34.5 Å². The molecule has 0 atom stereocenters. The maximum Gasteiger partial charge on any atom is 0.258 e. The second-order valence-electron chi connectivity index (χ2n) is 4.96. The lowest BCUT2D eigenvalue weighted by molar-refractivity contribution is -0.114. The normalized spacial score (nSPS) is 10.6. The minimum atomic E-state index is -0.363. The molecule has 0 spiro atoms. The summed E-state index contributed by atoms with van der Waals surface area (Å²) in [4.78, 5) is 27.8. The molecule has 3 rings (SSSR count). The van der Waals surface area contributed by atoms with Crippen molar-refractivity contribution in [2.24, 2.45) is 0 Å². The van der Waals surface area contributed by atoms with Crippen LogP contribution >= 0.6 is 34.5 Å². The molecule has 0 fully saturated rings. The van der Waals surface area contributed by atoms with Crippen LogP contribution in [0.2, 0.25) is 10.0 Å². The third-order valence-corrected chi connectivity index (χ3v) is 4.59. The van der Waals surface area contributed by atoms with E-state index in [4.69, 9.17) is 23.2 Å². The van der Waals surface area contributed by atoms with Gasteiger partial charge in [0.1, 0.15) is 0 Å². The summed E-state index contributed by atoms with van der Waals surface area (Å²) in [5, 5.41) is 6.61. The van der Waals surface area contributed by atoms with Crippen LogP contribution in [0.4, 0.5) is 10.8 Å². The average Bonchev–Trinajstić information content (AvgIpc) is 2.87. The number of fused-ring (bicyclic) bond motifs is 1. The number of benzene rings is 2. The van der Waals surface area contributed by atoms with Crippen LogP contribution in [0.25, 0.3) is 10.2 Å². The van der Waals surface area contributed by atoms with Gasteiger partial charge in [-0.05, 0) is 36.4 Å². The van der Waals surface area contributed by atoms with E-state index in [0.717, 1.165) is 10.2 Å².